The lowest BCUT2D eigenvalue weighted by Gasteiger charge is -2.16. The number of alkyl halides is 3. The van der Waals surface area contributed by atoms with Gasteiger partial charge in [-0.25, -0.2) is 4.79 Å². The van der Waals surface area contributed by atoms with Gasteiger partial charge in [0.25, 0.3) is 0 Å². The molecule has 0 bridgehead atoms. The number of rotatable bonds is 4. The van der Waals surface area contributed by atoms with Gasteiger partial charge < -0.3 is 16.4 Å². The van der Waals surface area contributed by atoms with E-state index in [-0.39, 0.29) is 17.9 Å². The number of carbonyl (C=O) groups excluding carboxylic acids is 1. The van der Waals surface area contributed by atoms with Crippen LogP contribution in [0.4, 0.5) is 23.7 Å². The molecule has 0 saturated heterocycles. The number of nitrogens with two attached hydrogens (primary N) is 1. The highest BCUT2D eigenvalue weighted by molar-refractivity contribution is 5.90. The lowest BCUT2D eigenvalue weighted by Crippen LogP contribution is -2.38. The predicted octanol–water partition coefficient (Wildman–Crippen LogP) is 2.54. The molecule has 0 aromatic heterocycles. The van der Waals surface area contributed by atoms with Crippen LogP contribution in [0.15, 0.2) is 24.3 Å². The first-order chi connectivity index (χ1) is 9.20. The first kappa shape index (κ1) is 15.8. The van der Waals surface area contributed by atoms with Crippen molar-refractivity contribution in [2.24, 2.45) is 5.73 Å². The van der Waals surface area contributed by atoms with Gasteiger partial charge in [-0.1, -0.05) is 12.1 Å². The minimum atomic E-state index is -4.55. The standard InChI is InChI=1S/C12H15F3N4O/c1-7(6-10(16)17)18-11(20)19-9-5-3-2-4-8(9)12(13,14)15/h2-5,7H,6H2,1H3,(H3,16,17)(H2,18,19,20). The fourth-order valence-corrected chi connectivity index (χ4v) is 1.60. The summed E-state index contributed by atoms with van der Waals surface area (Å²) in [5, 5.41) is 11.6. The van der Waals surface area contributed by atoms with E-state index in [9.17, 15) is 18.0 Å². The molecule has 1 rings (SSSR count). The van der Waals surface area contributed by atoms with Crippen molar-refractivity contribution in [3.63, 3.8) is 0 Å². The van der Waals surface area contributed by atoms with Gasteiger partial charge in [0, 0.05) is 12.5 Å². The second kappa shape index (κ2) is 6.27. The van der Waals surface area contributed by atoms with Crippen LogP contribution in [0.3, 0.4) is 0 Å². The highest BCUT2D eigenvalue weighted by Crippen LogP contribution is 2.34. The summed E-state index contributed by atoms with van der Waals surface area (Å²) in [6.45, 7) is 1.59. The lowest BCUT2D eigenvalue weighted by molar-refractivity contribution is -0.136. The van der Waals surface area contributed by atoms with Gasteiger partial charge in [-0.2, -0.15) is 13.2 Å². The summed E-state index contributed by atoms with van der Waals surface area (Å²) in [6, 6.07) is 3.45. The molecule has 1 unspecified atom stereocenters. The Morgan fingerprint density at radius 3 is 2.55 bits per heavy atom. The summed E-state index contributed by atoms with van der Waals surface area (Å²) < 4.78 is 38.2. The number of hydrogen-bond donors (Lipinski definition) is 4. The average Bonchev–Trinajstić information content (AvgIpc) is 2.26. The summed E-state index contributed by atoms with van der Waals surface area (Å²) in [7, 11) is 0. The molecule has 5 nitrogen and oxygen atoms in total. The van der Waals surface area contributed by atoms with Crippen molar-refractivity contribution < 1.29 is 18.0 Å². The normalized spacial score (nSPS) is 12.6. The molecule has 0 aliphatic carbocycles. The Labute approximate surface area is 113 Å². The van der Waals surface area contributed by atoms with E-state index in [0.717, 1.165) is 12.1 Å². The molecule has 0 heterocycles. The van der Waals surface area contributed by atoms with Crippen LogP contribution < -0.4 is 16.4 Å². The quantitative estimate of drug-likeness (QED) is 0.506. The van der Waals surface area contributed by atoms with Crippen molar-refractivity contribution in [2.75, 3.05) is 5.32 Å². The molecule has 2 amide bonds. The zero-order valence-corrected chi connectivity index (χ0v) is 10.7. The van der Waals surface area contributed by atoms with Crippen LogP contribution in [-0.2, 0) is 6.18 Å². The number of amides is 2. The van der Waals surface area contributed by atoms with Gasteiger partial charge in [0.05, 0.1) is 17.1 Å². The van der Waals surface area contributed by atoms with E-state index in [2.05, 4.69) is 10.6 Å². The summed E-state index contributed by atoms with van der Waals surface area (Å²) >= 11 is 0. The van der Waals surface area contributed by atoms with Crippen LogP contribution in [0.2, 0.25) is 0 Å². The van der Waals surface area contributed by atoms with Crippen molar-refractivity contribution in [1.82, 2.24) is 5.32 Å². The molecular formula is C12H15F3N4O. The van der Waals surface area contributed by atoms with Gasteiger partial charge >= 0.3 is 12.2 Å². The maximum absolute atomic E-state index is 12.7. The third-order valence-electron chi connectivity index (χ3n) is 2.38. The van der Waals surface area contributed by atoms with Crippen LogP contribution >= 0.6 is 0 Å². The van der Waals surface area contributed by atoms with E-state index >= 15 is 0 Å². The number of para-hydroxylation sites is 1. The van der Waals surface area contributed by atoms with E-state index in [1.165, 1.54) is 12.1 Å². The van der Waals surface area contributed by atoms with Crippen LogP contribution in [-0.4, -0.2) is 17.9 Å². The SMILES string of the molecule is CC(CC(=N)N)NC(=O)Nc1ccccc1C(F)(F)F. The average molecular weight is 288 g/mol. The summed E-state index contributed by atoms with van der Waals surface area (Å²) in [5.74, 6) is -0.117. The first-order valence-corrected chi connectivity index (χ1v) is 5.76. The van der Waals surface area contributed by atoms with E-state index in [1.807, 2.05) is 0 Å². The molecule has 1 aromatic carbocycles. The van der Waals surface area contributed by atoms with Crippen LogP contribution in [0.25, 0.3) is 0 Å². The van der Waals surface area contributed by atoms with Gasteiger partial charge in [0.15, 0.2) is 0 Å². The largest absolute Gasteiger partial charge is 0.418 e. The van der Waals surface area contributed by atoms with Gasteiger partial charge in [0.1, 0.15) is 0 Å². The Bertz CT molecular complexity index is 502. The molecule has 0 aliphatic rings. The second-order valence-electron chi connectivity index (χ2n) is 4.27. The summed E-state index contributed by atoms with van der Waals surface area (Å²) in [6.07, 6.45) is -4.43. The van der Waals surface area contributed by atoms with Crippen molar-refractivity contribution in [2.45, 2.75) is 25.6 Å². The van der Waals surface area contributed by atoms with Gasteiger partial charge in [-0.05, 0) is 19.1 Å². The zero-order chi connectivity index (χ0) is 15.3. The number of urea groups is 1. The van der Waals surface area contributed by atoms with Gasteiger partial charge in [0.2, 0.25) is 0 Å². The monoisotopic (exact) mass is 288 g/mol. The highest BCUT2D eigenvalue weighted by Gasteiger charge is 2.33. The Kier molecular flexibility index (Phi) is 4.95. The van der Waals surface area contributed by atoms with Crippen molar-refractivity contribution in [1.29, 1.82) is 5.41 Å². The molecule has 1 atom stereocenters. The summed E-state index contributed by atoms with van der Waals surface area (Å²) in [5.41, 5.74) is 3.92. The summed E-state index contributed by atoms with van der Waals surface area (Å²) in [4.78, 5) is 11.6. The number of amidine groups is 1. The molecule has 0 fully saturated rings. The first-order valence-electron chi connectivity index (χ1n) is 5.76. The second-order valence-corrected chi connectivity index (χ2v) is 4.27. The maximum Gasteiger partial charge on any atom is 0.418 e. The maximum atomic E-state index is 12.7. The van der Waals surface area contributed by atoms with Crippen LogP contribution in [0.5, 0.6) is 0 Å². The van der Waals surface area contributed by atoms with Crippen LogP contribution in [0.1, 0.15) is 18.9 Å². The topological polar surface area (TPSA) is 91.0 Å². The van der Waals surface area contributed by atoms with Gasteiger partial charge in [-0.3, -0.25) is 5.41 Å². The Morgan fingerprint density at radius 1 is 1.40 bits per heavy atom. The Hall–Kier alpha value is -2.25. The molecule has 0 radical (unpaired) electrons. The molecule has 110 valence electrons. The number of hydrogen-bond acceptors (Lipinski definition) is 2. The molecule has 8 heteroatoms. The Balaban J connectivity index is 2.74. The van der Waals surface area contributed by atoms with Gasteiger partial charge in [-0.15, -0.1) is 0 Å². The van der Waals surface area contributed by atoms with Crippen LogP contribution in [0, 0.1) is 5.41 Å². The third kappa shape index (κ3) is 4.79. The van der Waals surface area contributed by atoms with Crippen molar-refractivity contribution in [3.05, 3.63) is 29.8 Å². The fraction of sp³-hybridized carbons (Fsp3) is 0.333. The lowest BCUT2D eigenvalue weighted by atomic mass is 10.1. The number of nitrogens with one attached hydrogen (secondary N) is 3. The van der Waals surface area contributed by atoms with E-state index < -0.39 is 23.8 Å². The minimum absolute atomic E-state index is 0.117. The van der Waals surface area contributed by atoms with Crippen molar-refractivity contribution >= 4 is 17.6 Å². The molecule has 1 aromatic rings. The molecule has 20 heavy (non-hydrogen) atoms. The molecule has 0 saturated carbocycles. The Morgan fingerprint density at radius 2 is 2.00 bits per heavy atom. The molecule has 0 spiro atoms. The number of benzene rings is 1. The van der Waals surface area contributed by atoms with E-state index in [1.54, 1.807) is 6.92 Å². The third-order valence-corrected chi connectivity index (χ3v) is 2.38. The number of halogens is 3. The van der Waals surface area contributed by atoms with Crippen molar-refractivity contribution in [3.8, 4) is 0 Å². The zero-order valence-electron chi connectivity index (χ0n) is 10.7. The van der Waals surface area contributed by atoms with E-state index in [4.69, 9.17) is 11.1 Å². The molecular weight excluding hydrogens is 273 g/mol. The molecule has 0 aliphatic heterocycles. The van der Waals surface area contributed by atoms with E-state index in [0.29, 0.717) is 0 Å². The highest BCUT2D eigenvalue weighted by atomic mass is 19.4. The number of anilines is 1. The fourth-order valence-electron chi connectivity index (χ4n) is 1.60. The minimum Gasteiger partial charge on any atom is -0.388 e. The number of carbonyl (C=O) groups is 1. The molecule has 5 N–H and O–H groups in total. The smallest absolute Gasteiger partial charge is 0.388 e. The predicted molar refractivity (Wildman–Crippen MR) is 69.6 cm³/mol.